The molecule has 2 N–H and O–H groups in total. The van der Waals surface area contributed by atoms with E-state index in [2.05, 4.69) is 17.1 Å². The third-order valence-electron chi connectivity index (χ3n) is 4.87. The summed E-state index contributed by atoms with van der Waals surface area (Å²) in [4.78, 5) is 16.6. The highest BCUT2D eigenvalue weighted by atomic mass is 35.5. The zero-order valence-electron chi connectivity index (χ0n) is 15.2. The molecule has 1 aliphatic rings. The number of rotatable bonds is 5. The molecule has 1 aliphatic heterocycles. The summed E-state index contributed by atoms with van der Waals surface area (Å²) in [5.41, 5.74) is 2.35. The smallest absolute Gasteiger partial charge is 0.255 e. The first-order chi connectivity index (χ1) is 12.6. The van der Waals surface area contributed by atoms with Crippen molar-refractivity contribution in [1.82, 2.24) is 0 Å². The molecule has 3 rings (SSSR count). The van der Waals surface area contributed by atoms with Gasteiger partial charge in [0.05, 0.1) is 51.2 Å². The number of ether oxygens (including phenoxy) is 1. The summed E-state index contributed by atoms with van der Waals surface area (Å²) in [5, 5.41) is 3.62. The van der Waals surface area contributed by atoms with E-state index in [9.17, 15) is 4.79 Å². The molecule has 1 amide bonds. The molecule has 0 aromatic heterocycles. The molecule has 1 heterocycles. The van der Waals surface area contributed by atoms with Crippen LogP contribution in [0, 0.1) is 0 Å². The molecule has 1 fully saturated rings. The fourth-order valence-electron chi connectivity index (χ4n) is 3.24. The molecule has 0 atom stereocenters. The van der Waals surface area contributed by atoms with Crippen LogP contribution in [-0.4, -0.2) is 45.7 Å². The van der Waals surface area contributed by atoms with Gasteiger partial charge in [-0.1, -0.05) is 11.6 Å². The molecule has 1 saturated heterocycles. The maximum absolute atomic E-state index is 12.6. The van der Waals surface area contributed by atoms with Gasteiger partial charge in [0, 0.05) is 10.6 Å². The number of amides is 1. The molecular formula is C20H25ClN3O2+. The van der Waals surface area contributed by atoms with Gasteiger partial charge < -0.3 is 19.9 Å². The van der Waals surface area contributed by atoms with Crippen LogP contribution in [0.3, 0.4) is 0 Å². The molecule has 0 saturated carbocycles. The second-order valence-electron chi connectivity index (χ2n) is 6.43. The number of nitrogens with one attached hydrogen (secondary N) is 2. The van der Waals surface area contributed by atoms with Gasteiger partial charge in [0.15, 0.2) is 0 Å². The number of piperazine rings is 1. The van der Waals surface area contributed by atoms with Gasteiger partial charge in [-0.2, -0.15) is 0 Å². The Bertz CT molecular complexity index is 756. The molecule has 0 spiro atoms. The van der Waals surface area contributed by atoms with Gasteiger partial charge in [-0.05, 0) is 49.4 Å². The fraction of sp³-hybridized carbons (Fsp3) is 0.350. The number of halogens is 1. The molecule has 138 valence electrons. The number of likely N-dealkylation sites (N-methyl/N-ethyl adjacent to an activating group) is 1. The first kappa shape index (κ1) is 18.5. The molecule has 5 nitrogen and oxygen atoms in total. The Balaban J connectivity index is 1.78. The lowest BCUT2D eigenvalue weighted by Gasteiger charge is -2.34. The average Bonchev–Trinajstić information content (AvgIpc) is 2.68. The van der Waals surface area contributed by atoms with E-state index in [0.29, 0.717) is 10.6 Å². The number of benzene rings is 2. The second-order valence-corrected chi connectivity index (χ2v) is 6.87. The Hall–Kier alpha value is -2.24. The van der Waals surface area contributed by atoms with Crippen molar-refractivity contribution >= 4 is 28.9 Å². The van der Waals surface area contributed by atoms with E-state index in [4.69, 9.17) is 16.3 Å². The first-order valence-electron chi connectivity index (χ1n) is 8.94. The number of nitrogens with zero attached hydrogens (tertiary/aromatic N) is 1. The van der Waals surface area contributed by atoms with E-state index in [1.165, 1.54) is 0 Å². The second kappa shape index (κ2) is 8.43. The largest absolute Gasteiger partial charge is 0.497 e. The maximum atomic E-state index is 12.6. The predicted molar refractivity (Wildman–Crippen MR) is 106 cm³/mol. The van der Waals surface area contributed by atoms with Crippen LogP contribution >= 0.6 is 11.6 Å². The minimum absolute atomic E-state index is 0.158. The summed E-state index contributed by atoms with van der Waals surface area (Å²) >= 11 is 6.18. The Morgan fingerprint density at radius 1 is 1.19 bits per heavy atom. The Morgan fingerprint density at radius 3 is 2.50 bits per heavy atom. The number of hydrogen-bond donors (Lipinski definition) is 2. The minimum atomic E-state index is -0.158. The molecule has 6 heteroatoms. The zero-order valence-corrected chi connectivity index (χ0v) is 16.0. The molecule has 0 radical (unpaired) electrons. The summed E-state index contributed by atoms with van der Waals surface area (Å²) in [7, 11) is 1.60. The lowest BCUT2D eigenvalue weighted by atomic mass is 10.1. The molecule has 2 aromatic carbocycles. The summed E-state index contributed by atoms with van der Waals surface area (Å²) in [6, 6.07) is 12.7. The van der Waals surface area contributed by atoms with Crippen molar-refractivity contribution < 1.29 is 14.4 Å². The van der Waals surface area contributed by atoms with Gasteiger partial charge in [-0.25, -0.2) is 0 Å². The number of quaternary nitrogens is 1. The first-order valence-corrected chi connectivity index (χ1v) is 9.32. The van der Waals surface area contributed by atoms with Crippen molar-refractivity contribution in [2.45, 2.75) is 6.92 Å². The van der Waals surface area contributed by atoms with Crippen LogP contribution in [0.2, 0.25) is 5.02 Å². The standard InChI is InChI=1S/C20H24ClN3O2/c1-3-23-10-12-24(13-11-23)19-9-6-16(21)14-18(19)22-20(25)15-4-7-17(26-2)8-5-15/h4-9,14H,3,10-13H2,1-2H3,(H,22,25)/p+1. The van der Waals surface area contributed by atoms with Crippen LogP contribution in [0.15, 0.2) is 42.5 Å². The van der Waals surface area contributed by atoms with Gasteiger partial charge in [-0.15, -0.1) is 0 Å². The lowest BCUT2D eigenvalue weighted by Crippen LogP contribution is -3.14. The molecule has 0 bridgehead atoms. The van der Waals surface area contributed by atoms with Crippen molar-refractivity contribution in [3.63, 3.8) is 0 Å². The topological polar surface area (TPSA) is 46.0 Å². The van der Waals surface area contributed by atoms with Crippen molar-refractivity contribution in [3.8, 4) is 5.75 Å². The van der Waals surface area contributed by atoms with E-state index in [1.54, 1.807) is 36.3 Å². The molecule has 26 heavy (non-hydrogen) atoms. The summed E-state index contributed by atoms with van der Waals surface area (Å²) < 4.78 is 5.14. The quantitative estimate of drug-likeness (QED) is 0.844. The maximum Gasteiger partial charge on any atom is 0.255 e. The molecule has 2 aromatic rings. The van der Waals surface area contributed by atoms with Crippen LogP contribution in [-0.2, 0) is 0 Å². The summed E-state index contributed by atoms with van der Waals surface area (Å²) in [6.07, 6.45) is 0. The third-order valence-corrected chi connectivity index (χ3v) is 5.11. The van der Waals surface area contributed by atoms with Crippen LogP contribution < -0.4 is 19.9 Å². The SMILES string of the molecule is CC[NH+]1CCN(c2ccc(Cl)cc2NC(=O)c2ccc(OC)cc2)CC1. The number of carbonyl (C=O) groups excluding carboxylic acids is 1. The Kier molecular flexibility index (Phi) is 6.01. The van der Waals surface area contributed by atoms with Gasteiger partial charge in [0.2, 0.25) is 0 Å². The van der Waals surface area contributed by atoms with Gasteiger partial charge in [0.25, 0.3) is 5.91 Å². The van der Waals surface area contributed by atoms with Gasteiger partial charge in [-0.3, -0.25) is 4.79 Å². The predicted octanol–water partition coefficient (Wildman–Crippen LogP) is 2.33. The molecule has 0 unspecified atom stereocenters. The number of methoxy groups -OCH3 is 1. The lowest BCUT2D eigenvalue weighted by molar-refractivity contribution is -0.898. The van der Waals surface area contributed by atoms with Gasteiger partial charge >= 0.3 is 0 Å². The van der Waals surface area contributed by atoms with E-state index in [0.717, 1.165) is 49.8 Å². The van der Waals surface area contributed by atoms with Gasteiger partial charge in [0.1, 0.15) is 5.75 Å². The summed E-state index contributed by atoms with van der Waals surface area (Å²) in [5.74, 6) is 0.565. The number of anilines is 2. The van der Waals surface area contributed by atoms with E-state index >= 15 is 0 Å². The summed E-state index contributed by atoms with van der Waals surface area (Å²) in [6.45, 7) is 7.51. The van der Waals surface area contributed by atoms with Crippen molar-refractivity contribution in [2.24, 2.45) is 0 Å². The van der Waals surface area contributed by atoms with E-state index in [1.807, 2.05) is 18.2 Å². The van der Waals surface area contributed by atoms with Crippen molar-refractivity contribution in [2.75, 3.05) is 50.1 Å². The normalized spacial score (nSPS) is 15.0. The highest BCUT2D eigenvalue weighted by Crippen LogP contribution is 2.30. The van der Waals surface area contributed by atoms with E-state index in [-0.39, 0.29) is 5.91 Å². The third kappa shape index (κ3) is 4.29. The van der Waals surface area contributed by atoms with Crippen LogP contribution in [0.4, 0.5) is 11.4 Å². The van der Waals surface area contributed by atoms with E-state index < -0.39 is 0 Å². The highest BCUT2D eigenvalue weighted by Gasteiger charge is 2.21. The van der Waals surface area contributed by atoms with Crippen molar-refractivity contribution in [1.29, 1.82) is 0 Å². The molecule has 0 aliphatic carbocycles. The minimum Gasteiger partial charge on any atom is -0.497 e. The van der Waals surface area contributed by atoms with Crippen LogP contribution in [0.1, 0.15) is 17.3 Å². The monoisotopic (exact) mass is 374 g/mol. The Labute approximate surface area is 159 Å². The number of carbonyl (C=O) groups is 1. The van der Waals surface area contributed by atoms with Crippen LogP contribution in [0.5, 0.6) is 5.75 Å². The highest BCUT2D eigenvalue weighted by molar-refractivity contribution is 6.31. The molecular weight excluding hydrogens is 350 g/mol. The Morgan fingerprint density at radius 2 is 1.88 bits per heavy atom. The zero-order chi connectivity index (χ0) is 18.5. The number of hydrogen-bond acceptors (Lipinski definition) is 3. The van der Waals surface area contributed by atoms with Crippen molar-refractivity contribution in [3.05, 3.63) is 53.1 Å². The van der Waals surface area contributed by atoms with Crippen LogP contribution in [0.25, 0.3) is 0 Å². The fourth-order valence-corrected chi connectivity index (χ4v) is 3.41. The average molecular weight is 375 g/mol.